The van der Waals surface area contributed by atoms with E-state index in [1.807, 2.05) is 0 Å². The van der Waals surface area contributed by atoms with Crippen LogP contribution in [0.3, 0.4) is 0 Å². The zero-order valence-electron chi connectivity index (χ0n) is 6.27. The van der Waals surface area contributed by atoms with Crippen molar-refractivity contribution in [3.05, 3.63) is 34.3 Å². The molecule has 0 aliphatic rings. The molecule has 0 bridgehead atoms. The molecule has 0 radical (unpaired) electrons. The molecule has 0 saturated heterocycles. The van der Waals surface area contributed by atoms with Gasteiger partial charge in [-0.2, -0.15) is 13.2 Å². The molecule has 0 spiro atoms. The Morgan fingerprint density at radius 3 is 2.25 bits per heavy atom. The Hall–Kier alpha value is -0.700. The highest BCUT2D eigenvalue weighted by molar-refractivity contribution is 5.29. The third-order valence-electron chi connectivity index (χ3n) is 1.50. The van der Waals surface area contributed by atoms with Crippen LogP contribution in [0.2, 0.25) is 5.02 Å². The third kappa shape index (κ3) is 1.91. The molecule has 0 heterocycles. The van der Waals surface area contributed by atoms with Gasteiger partial charge in [0, 0.05) is 11.6 Å². The van der Waals surface area contributed by atoms with Crippen molar-refractivity contribution >= 4 is 0 Å². The van der Waals surface area contributed by atoms with Crippen molar-refractivity contribution in [3.8, 4) is 0 Å². The van der Waals surface area contributed by atoms with Gasteiger partial charge in [-0.25, -0.2) is 0 Å². The van der Waals surface area contributed by atoms with Crippen LogP contribution in [0.4, 0.5) is 13.2 Å². The van der Waals surface area contributed by atoms with Crippen molar-refractivity contribution in [1.29, 1.82) is 0 Å². The first kappa shape index (κ1) is 9.39. The van der Waals surface area contributed by atoms with E-state index < -0.39 is 11.7 Å². The molecule has 0 atom stereocenters. The predicted octanol–water partition coefficient (Wildman–Crippen LogP) is 2.71. The van der Waals surface area contributed by atoms with Gasteiger partial charge in [0.05, 0.1) is 5.56 Å². The Balaban J connectivity index is 3.14. The molecule has 66 valence electrons. The zero-order valence-corrected chi connectivity index (χ0v) is 7.09. The van der Waals surface area contributed by atoms with Crippen LogP contribution in [0.1, 0.15) is 11.1 Å². The van der Waals surface area contributed by atoms with E-state index in [1.54, 1.807) is 6.92 Å². The van der Waals surface area contributed by atoms with Gasteiger partial charge in [0.15, 0.2) is 11.6 Å². The molecule has 0 aliphatic heterocycles. The van der Waals surface area contributed by atoms with Gasteiger partial charge in [0.1, 0.15) is 0 Å². The number of alkyl halides is 3. The van der Waals surface area contributed by atoms with Gasteiger partial charge < -0.3 is 0 Å². The monoisotopic (exact) mass is 195 g/mol. The van der Waals surface area contributed by atoms with Crippen LogP contribution in [0.15, 0.2) is 18.2 Å². The van der Waals surface area contributed by atoms with Gasteiger partial charge in [-0.1, -0.05) is 0 Å². The highest BCUT2D eigenvalue weighted by atomic mass is 35.5. The summed E-state index contributed by atoms with van der Waals surface area (Å²) in [5.41, 5.74) is -0.159. The van der Waals surface area contributed by atoms with Gasteiger partial charge in [-0.3, -0.25) is 0 Å². The maximum Gasteiger partial charge on any atom is 0.416 e. The lowest BCUT2D eigenvalue weighted by Crippen LogP contribution is -2.04. The Labute approximate surface area is 73.0 Å². The molecule has 1 aromatic rings. The molecule has 0 amide bonds. The SMILES string of the molecule is Cc1cc(C(F)(F)F)ccc1[ClH+]. The molecule has 0 aliphatic carbocycles. The van der Waals surface area contributed by atoms with Gasteiger partial charge in [-0.05, 0) is 19.1 Å². The lowest BCUT2D eigenvalue weighted by atomic mass is 10.1. The molecule has 0 aromatic heterocycles. The molecule has 1 rings (SSSR count). The first-order chi connectivity index (χ1) is 5.41. The highest BCUT2D eigenvalue weighted by Gasteiger charge is 2.30. The van der Waals surface area contributed by atoms with Crippen LogP contribution in [0, 0.1) is 18.5 Å². The van der Waals surface area contributed by atoms with Crippen LogP contribution >= 0.6 is 0 Å². The summed E-state index contributed by atoms with van der Waals surface area (Å²) in [6.45, 7) is 1.57. The van der Waals surface area contributed by atoms with Crippen LogP contribution in [0.25, 0.3) is 0 Å². The van der Waals surface area contributed by atoms with Crippen molar-refractivity contribution in [2.45, 2.75) is 13.1 Å². The number of hydrogen-bond acceptors (Lipinski definition) is 0. The average molecular weight is 196 g/mol. The highest BCUT2D eigenvalue weighted by Crippen LogP contribution is 2.30. The molecule has 0 unspecified atom stereocenters. The van der Waals surface area contributed by atoms with Crippen molar-refractivity contribution < 1.29 is 24.8 Å². The summed E-state index contributed by atoms with van der Waals surface area (Å²) in [4.78, 5) is 0. The maximum atomic E-state index is 12.1. The largest absolute Gasteiger partial charge is 0.416 e. The van der Waals surface area contributed by atoms with Gasteiger partial charge in [0.2, 0.25) is 5.02 Å². The second-order valence-corrected chi connectivity index (χ2v) is 2.92. The molecule has 1 aromatic carbocycles. The third-order valence-corrected chi connectivity index (χ3v) is 1.96. The number of hydrogen-bond donors (Lipinski definition) is 0. The first-order valence-electron chi connectivity index (χ1n) is 3.26. The summed E-state index contributed by atoms with van der Waals surface area (Å²) in [6.07, 6.45) is -4.27. The van der Waals surface area contributed by atoms with Crippen LogP contribution in [-0.4, -0.2) is 0 Å². The minimum atomic E-state index is -4.27. The Kier molecular flexibility index (Phi) is 2.33. The molecule has 0 N–H and O–H groups in total. The molecule has 0 saturated carbocycles. The molecular formula is C8H7ClF3+. The van der Waals surface area contributed by atoms with Crippen molar-refractivity contribution in [2.24, 2.45) is 0 Å². The van der Waals surface area contributed by atoms with E-state index in [4.69, 9.17) is 11.6 Å². The van der Waals surface area contributed by atoms with E-state index in [2.05, 4.69) is 0 Å². The number of rotatable bonds is 0. The molecule has 4 heteroatoms. The predicted molar refractivity (Wildman–Crippen MR) is 36.7 cm³/mol. The van der Waals surface area contributed by atoms with E-state index in [1.165, 1.54) is 6.07 Å². The normalized spacial score (nSPS) is 11.8. The second kappa shape index (κ2) is 2.98. The topological polar surface area (TPSA) is 0 Å². The standard InChI is InChI=1S/C8H7ClF3/c1-5-4-6(8(10,11)12)2-3-7(5)9/h2-4,9H,1H3/q+1. The summed E-state index contributed by atoms with van der Waals surface area (Å²) in [5, 5.41) is 0.461. The van der Waals surface area contributed by atoms with Crippen molar-refractivity contribution in [3.63, 3.8) is 0 Å². The summed E-state index contributed by atoms with van der Waals surface area (Å²) >= 11 is 4.77. The smallest absolute Gasteiger partial charge is 0.166 e. The molecule has 12 heavy (non-hydrogen) atoms. The molecule has 0 nitrogen and oxygen atoms in total. The lowest BCUT2D eigenvalue weighted by molar-refractivity contribution is -0.289. The van der Waals surface area contributed by atoms with Gasteiger partial charge in [0.25, 0.3) is 0 Å². The number of benzene rings is 1. The summed E-state index contributed by atoms with van der Waals surface area (Å²) < 4.78 is 36.2. The summed E-state index contributed by atoms with van der Waals surface area (Å²) in [6, 6.07) is 3.35. The second-order valence-electron chi connectivity index (χ2n) is 2.48. The van der Waals surface area contributed by atoms with Gasteiger partial charge in [-0.15, -0.1) is 0 Å². The maximum absolute atomic E-state index is 12.1. The summed E-state index contributed by atoms with van der Waals surface area (Å²) in [5.74, 6) is 0. The Morgan fingerprint density at radius 1 is 1.25 bits per heavy atom. The lowest BCUT2D eigenvalue weighted by Gasteiger charge is -2.05. The quantitative estimate of drug-likeness (QED) is 0.597. The fourth-order valence-electron chi connectivity index (χ4n) is 0.826. The number of aryl methyl sites for hydroxylation is 1. The minimum Gasteiger partial charge on any atom is -0.166 e. The van der Waals surface area contributed by atoms with E-state index >= 15 is 0 Å². The average Bonchev–Trinajstić information content (AvgIpc) is 1.92. The van der Waals surface area contributed by atoms with E-state index in [-0.39, 0.29) is 0 Å². The first-order valence-corrected chi connectivity index (χ1v) is 3.67. The van der Waals surface area contributed by atoms with Crippen LogP contribution in [0.5, 0.6) is 0 Å². The van der Waals surface area contributed by atoms with E-state index in [0.717, 1.165) is 12.1 Å². The Bertz CT molecular complexity index is 291. The van der Waals surface area contributed by atoms with E-state index in [9.17, 15) is 13.2 Å². The Morgan fingerprint density at radius 2 is 1.83 bits per heavy atom. The van der Waals surface area contributed by atoms with Gasteiger partial charge >= 0.3 is 6.18 Å². The minimum absolute atomic E-state index is 0.461. The van der Waals surface area contributed by atoms with Crippen molar-refractivity contribution in [1.82, 2.24) is 0 Å². The van der Waals surface area contributed by atoms with Crippen LogP contribution in [-0.2, 0) is 6.18 Å². The van der Waals surface area contributed by atoms with Crippen LogP contribution < -0.4 is 0 Å². The fourth-order valence-corrected chi connectivity index (χ4v) is 0.953. The molecule has 0 fully saturated rings. The fraction of sp³-hybridized carbons (Fsp3) is 0.250. The van der Waals surface area contributed by atoms with Crippen molar-refractivity contribution in [2.75, 3.05) is 0 Å². The number of halogens is 4. The molecular weight excluding hydrogens is 189 g/mol. The zero-order chi connectivity index (χ0) is 9.35. The van der Waals surface area contributed by atoms with E-state index in [0.29, 0.717) is 10.6 Å². The summed E-state index contributed by atoms with van der Waals surface area (Å²) in [7, 11) is 0.